The van der Waals surface area contributed by atoms with Crippen molar-refractivity contribution in [3.63, 3.8) is 0 Å². The van der Waals surface area contributed by atoms with E-state index in [4.69, 9.17) is 5.73 Å². The number of nitrogens with one attached hydrogen (secondary N) is 2. The number of anilines is 2. The number of nitrogen functional groups attached to an aromatic ring is 1. The van der Waals surface area contributed by atoms with Crippen molar-refractivity contribution in [2.45, 2.75) is 25.8 Å². The van der Waals surface area contributed by atoms with Gasteiger partial charge in [0.1, 0.15) is 18.0 Å². The second-order valence-corrected chi connectivity index (χ2v) is 5.49. The largest absolute Gasteiger partial charge is 0.368 e. The van der Waals surface area contributed by atoms with Crippen molar-refractivity contribution in [3.05, 3.63) is 23.9 Å². The lowest BCUT2D eigenvalue weighted by Crippen LogP contribution is -2.46. The Hall–Kier alpha value is -2.22. The first-order valence-corrected chi connectivity index (χ1v) is 7.12. The Labute approximate surface area is 123 Å². The number of rotatable bonds is 3. The fourth-order valence-corrected chi connectivity index (χ4v) is 2.46. The fourth-order valence-electron chi connectivity index (χ4n) is 2.46. The van der Waals surface area contributed by atoms with Gasteiger partial charge in [-0.1, -0.05) is 13.8 Å². The Morgan fingerprint density at radius 3 is 2.95 bits per heavy atom. The van der Waals surface area contributed by atoms with E-state index < -0.39 is 0 Å². The molecule has 2 aromatic rings. The summed E-state index contributed by atoms with van der Waals surface area (Å²) in [6.45, 7) is 6.69. The van der Waals surface area contributed by atoms with Gasteiger partial charge in [0.15, 0.2) is 0 Å². The van der Waals surface area contributed by atoms with Gasteiger partial charge in [-0.2, -0.15) is 4.98 Å². The van der Waals surface area contributed by atoms with Crippen LogP contribution < -0.4 is 16.0 Å². The van der Waals surface area contributed by atoms with Crippen molar-refractivity contribution < 1.29 is 0 Å². The minimum absolute atomic E-state index is 0.111. The van der Waals surface area contributed by atoms with Gasteiger partial charge in [0.25, 0.3) is 0 Å². The van der Waals surface area contributed by atoms with Gasteiger partial charge in [0.2, 0.25) is 5.95 Å². The summed E-state index contributed by atoms with van der Waals surface area (Å²) in [7, 11) is 0. The van der Waals surface area contributed by atoms with E-state index in [0.29, 0.717) is 11.9 Å². The van der Waals surface area contributed by atoms with E-state index in [2.05, 4.69) is 49.2 Å². The molecule has 4 N–H and O–H groups in total. The normalized spacial score (nSPS) is 19.2. The van der Waals surface area contributed by atoms with Crippen molar-refractivity contribution in [2.75, 3.05) is 30.3 Å². The Morgan fingerprint density at radius 1 is 1.38 bits per heavy atom. The van der Waals surface area contributed by atoms with Crippen LogP contribution >= 0.6 is 0 Å². The molecule has 0 radical (unpaired) electrons. The van der Waals surface area contributed by atoms with Gasteiger partial charge >= 0.3 is 0 Å². The highest BCUT2D eigenvalue weighted by molar-refractivity contribution is 5.45. The van der Waals surface area contributed by atoms with Gasteiger partial charge in [0.05, 0.1) is 11.7 Å². The van der Waals surface area contributed by atoms with Crippen molar-refractivity contribution in [3.8, 4) is 0 Å². The summed E-state index contributed by atoms with van der Waals surface area (Å²) >= 11 is 0. The van der Waals surface area contributed by atoms with Crippen LogP contribution in [0.25, 0.3) is 0 Å². The summed E-state index contributed by atoms with van der Waals surface area (Å²) in [6, 6.07) is 2.13. The third-order valence-corrected chi connectivity index (χ3v) is 3.61. The van der Waals surface area contributed by atoms with Crippen LogP contribution in [0.1, 0.15) is 37.3 Å². The Balaban J connectivity index is 1.83. The molecular formula is C13H20N8. The summed E-state index contributed by atoms with van der Waals surface area (Å²) in [6.07, 6.45) is 1.59. The molecule has 0 amide bonds. The molecule has 3 rings (SSSR count). The van der Waals surface area contributed by atoms with E-state index in [1.807, 2.05) is 6.07 Å². The lowest BCUT2D eigenvalue weighted by atomic mass is 10.1. The molecule has 0 bridgehead atoms. The van der Waals surface area contributed by atoms with Crippen LogP contribution in [0, 0.1) is 0 Å². The van der Waals surface area contributed by atoms with Gasteiger partial charge in [-0.15, -0.1) is 10.2 Å². The number of hydrogen-bond donors (Lipinski definition) is 3. The van der Waals surface area contributed by atoms with E-state index in [0.717, 1.165) is 37.0 Å². The number of aromatic amines is 1. The maximum absolute atomic E-state index is 5.84. The van der Waals surface area contributed by atoms with Gasteiger partial charge in [0, 0.05) is 25.7 Å². The predicted molar refractivity (Wildman–Crippen MR) is 79.9 cm³/mol. The topological polar surface area (TPSA) is 109 Å². The maximum atomic E-state index is 5.84. The first kappa shape index (κ1) is 13.7. The second kappa shape index (κ2) is 5.65. The molecule has 112 valence electrons. The molecule has 0 aromatic carbocycles. The molecule has 1 atom stereocenters. The molecule has 1 saturated heterocycles. The minimum atomic E-state index is 0.111. The third kappa shape index (κ3) is 2.94. The summed E-state index contributed by atoms with van der Waals surface area (Å²) < 4.78 is 0. The van der Waals surface area contributed by atoms with Crippen LogP contribution in [-0.4, -0.2) is 44.8 Å². The van der Waals surface area contributed by atoms with E-state index >= 15 is 0 Å². The van der Waals surface area contributed by atoms with E-state index in [-0.39, 0.29) is 6.04 Å². The zero-order valence-electron chi connectivity index (χ0n) is 12.2. The lowest BCUT2D eigenvalue weighted by Gasteiger charge is -2.33. The van der Waals surface area contributed by atoms with Crippen LogP contribution in [0.2, 0.25) is 0 Å². The average Bonchev–Trinajstić information content (AvgIpc) is 3.01. The molecule has 1 aliphatic rings. The number of hydrogen-bond acceptors (Lipinski definition) is 7. The SMILES string of the molecule is CC(C)c1cc(N2CCNC(c3nnc[nH]3)C2)nc(N)n1. The standard InChI is InChI=1S/C13H20N8/c1-8(2)9-5-11(19-13(14)18-9)21-4-3-15-10(6-21)12-16-7-17-20-12/h5,7-8,10,15H,3-4,6H2,1-2H3,(H2,14,18,19)(H,16,17,20). The molecule has 8 heteroatoms. The van der Waals surface area contributed by atoms with E-state index in [1.165, 1.54) is 0 Å². The molecule has 1 aliphatic heterocycles. The summed E-state index contributed by atoms with van der Waals surface area (Å²) in [5.74, 6) is 2.36. The average molecular weight is 288 g/mol. The summed E-state index contributed by atoms with van der Waals surface area (Å²) in [5, 5.41) is 11.3. The predicted octanol–water partition coefficient (Wildman–Crippen LogP) is 0.451. The number of aromatic nitrogens is 5. The van der Waals surface area contributed by atoms with Gasteiger partial charge < -0.3 is 20.9 Å². The summed E-state index contributed by atoms with van der Waals surface area (Å²) in [5.41, 5.74) is 6.81. The first-order chi connectivity index (χ1) is 10.1. The highest BCUT2D eigenvalue weighted by atomic mass is 15.3. The van der Waals surface area contributed by atoms with Crippen molar-refractivity contribution in [1.82, 2.24) is 30.5 Å². The number of nitrogens with two attached hydrogens (primary N) is 1. The van der Waals surface area contributed by atoms with Gasteiger partial charge in [-0.25, -0.2) is 4.98 Å². The van der Waals surface area contributed by atoms with E-state index in [9.17, 15) is 0 Å². The minimum Gasteiger partial charge on any atom is -0.368 e. The first-order valence-electron chi connectivity index (χ1n) is 7.12. The van der Waals surface area contributed by atoms with E-state index in [1.54, 1.807) is 6.33 Å². The maximum Gasteiger partial charge on any atom is 0.222 e. The molecule has 1 unspecified atom stereocenters. The molecule has 0 saturated carbocycles. The highest BCUT2D eigenvalue weighted by Gasteiger charge is 2.24. The Bertz CT molecular complexity index is 594. The van der Waals surface area contributed by atoms with Gasteiger partial charge in [-0.3, -0.25) is 0 Å². The molecule has 21 heavy (non-hydrogen) atoms. The molecule has 3 heterocycles. The fraction of sp³-hybridized carbons (Fsp3) is 0.538. The number of nitrogens with zero attached hydrogens (tertiary/aromatic N) is 5. The van der Waals surface area contributed by atoms with Crippen molar-refractivity contribution in [2.24, 2.45) is 0 Å². The van der Waals surface area contributed by atoms with Crippen LogP contribution in [0.3, 0.4) is 0 Å². The molecule has 1 fully saturated rings. The monoisotopic (exact) mass is 288 g/mol. The Kier molecular flexibility index (Phi) is 3.70. The highest BCUT2D eigenvalue weighted by Crippen LogP contribution is 2.22. The second-order valence-electron chi connectivity index (χ2n) is 5.49. The Morgan fingerprint density at radius 2 is 2.24 bits per heavy atom. The van der Waals surface area contributed by atoms with Crippen LogP contribution in [0.4, 0.5) is 11.8 Å². The van der Waals surface area contributed by atoms with Crippen molar-refractivity contribution >= 4 is 11.8 Å². The molecule has 0 spiro atoms. The zero-order valence-corrected chi connectivity index (χ0v) is 12.2. The summed E-state index contributed by atoms with van der Waals surface area (Å²) in [4.78, 5) is 13.9. The van der Waals surface area contributed by atoms with Crippen LogP contribution in [0.5, 0.6) is 0 Å². The molecule has 8 nitrogen and oxygen atoms in total. The lowest BCUT2D eigenvalue weighted by molar-refractivity contribution is 0.452. The number of piperazine rings is 1. The molecule has 0 aliphatic carbocycles. The smallest absolute Gasteiger partial charge is 0.222 e. The number of H-pyrrole nitrogens is 1. The van der Waals surface area contributed by atoms with Crippen molar-refractivity contribution in [1.29, 1.82) is 0 Å². The zero-order chi connectivity index (χ0) is 14.8. The third-order valence-electron chi connectivity index (χ3n) is 3.61. The van der Waals surface area contributed by atoms with Crippen LogP contribution in [0.15, 0.2) is 12.4 Å². The quantitative estimate of drug-likeness (QED) is 0.752. The van der Waals surface area contributed by atoms with Gasteiger partial charge in [-0.05, 0) is 5.92 Å². The molecular weight excluding hydrogens is 268 g/mol. The molecule has 2 aromatic heterocycles. The van der Waals surface area contributed by atoms with Crippen LogP contribution in [-0.2, 0) is 0 Å².